The quantitative estimate of drug-likeness (QED) is 0.868. The first kappa shape index (κ1) is 9.35. The topological polar surface area (TPSA) is 12.0 Å². The Hall–Kier alpha value is -0.210. The molecule has 0 unspecified atom stereocenters. The largest absolute Gasteiger partial charge is 0.385 e. The van der Waals surface area contributed by atoms with Gasteiger partial charge in [0.25, 0.3) is 0 Å². The van der Waals surface area contributed by atoms with Crippen LogP contribution in [-0.2, 0) is 0 Å². The zero-order chi connectivity index (χ0) is 9.26. The van der Waals surface area contributed by atoms with Gasteiger partial charge in [0.05, 0.1) is 5.02 Å². The first-order valence-corrected chi connectivity index (χ1v) is 5.62. The van der Waals surface area contributed by atoms with E-state index in [2.05, 4.69) is 21.2 Å². The van der Waals surface area contributed by atoms with Crippen LogP contribution in [0.4, 0.5) is 5.69 Å². The number of anilines is 1. The van der Waals surface area contributed by atoms with E-state index in [0.29, 0.717) is 0 Å². The van der Waals surface area contributed by atoms with Gasteiger partial charge in [-0.15, -0.1) is 0 Å². The summed E-state index contributed by atoms with van der Waals surface area (Å²) in [5, 5.41) is 4.13. The van der Waals surface area contributed by atoms with Gasteiger partial charge in [0, 0.05) is 16.7 Å². The maximum absolute atomic E-state index is 5.96. The van der Waals surface area contributed by atoms with Gasteiger partial charge in [-0.2, -0.15) is 0 Å². The molecule has 70 valence electrons. The predicted molar refractivity (Wildman–Crippen MR) is 60.4 cm³/mol. The second-order valence-electron chi connectivity index (χ2n) is 3.45. The van der Waals surface area contributed by atoms with Crippen LogP contribution in [0, 0.1) is 5.92 Å². The van der Waals surface area contributed by atoms with E-state index in [1.54, 1.807) is 0 Å². The molecule has 2 rings (SSSR count). The number of hydrogen-bond acceptors (Lipinski definition) is 1. The van der Waals surface area contributed by atoms with Crippen LogP contribution < -0.4 is 5.32 Å². The second-order valence-corrected chi connectivity index (χ2v) is 4.71. The monoisotopic (exact) mass is 259 g/mol. The van der Waals surface area contributed by atoms with Crippen molar-refractivity contribution in [3.63, 3.8) is 0 Å². The van der Waals surface area contributed by atoms with Crippen LogP contribution in [0.5, 0.6) is 0 Å². The fourth-order valence-corrected chi connectivity index (χ4v) is 1.62. The van der Waals surface area contributed by atoms with Gasteiger partial charge in [-0.1, -0.05) is 11.6 Å². The summed E-state index contributed by atoms with van der Waals surface area (Å²) >= 11 is 9.32. The molecule has 0 amide bonds. The van der Waals surface area contributed by atoms with E-state index in [1.807, 2.05) is 18.2 Å². The molecule has 3 heteroatoms. The Morgan fingerprint density at radius 3 is 2.85 bits per heavy atom. The van der Waals surface area contributed by atoms with Gasteiger partial charge in [0.1, 0.15) is 0 Å². The van der Waals surface area contributed by atoms with E-state index < -0.39 is 0 Å². The van der Waals surface area contributed by atoms with Crippen LogP contribution in [0.3, 0.4) is 0 Å². The highest BCUT2D eigenvalue weighted by atomic mass is 79.9. The number of hydrogen-bond donors (Lipinski definition) is 1. The van der Waals surface area contributed by atoms with Gasteiger partial charge in [-0.3, -0.25) is 0 Å². The lowest BCUT2D eigenvalue weighted by Gasteiger charge is -2.05. The summed E-state index contributed by atoms with van der Waals surface area (Å²) in [6, 6.07) is 5.96. The van der Waals surface area contributed by atoms with E-state index in [4.69, 9.17) is 11.6 Å². The highest BCUT2D eigenvalue weighted by Crippen LogP contribution is 2.30. The second kappa shape index (κ2) is 3.89. The van der Waals surface area contributed by atoms with E-state index in [-0.39, 0.29) is 0 Å². The molecule has 1 aliphatic carbocycles. The first-order valence-electron chi connectivity index (χ1n) is 4.44. The van der Waals surface area contributed by atoms with Crippen LogP contribution in [0.25, 0.3) is 0 Å². The van der Waals surface area contributed by atoms with Gasteiger partial charge in [-0.05, 0) is 52.9 Å². The third-order valence-corrected chi connectivity index (χ3v) is 3.44. The van der Waals surface area contributed by atoms with Gasteiger partial charge in [0.2, 0.25) is 0 Å². The molecule has 1 saturated carbocycles. The molecule has 1 N–H and O–H groups in total. The molecule has 1 aliphatic rings. The van der Waals surface area contributed by atoms with E-state index >= 15 is 0 Å². The summed E-state index contributed by atoms with van der Waals surface area (Å²) in [5.41, 5.74) is 1.11. The highest BCUT2D eigenvalue weighted by molar-refractivity contribution is 9.10. The lowest BCUT2D eigenvalue weighted by atomic mass is 10.3. The van der Waals surface area contributed by atoms with Crippen molar-refractivity contribution < 1.29 is 0 Å². The van der Waals surface area contributed by atoms with Gasteiger partial charge >= 0.3 is 0 Å². The molecule has 0 atom stereocenters. The SMILES string of the molecule is Clc1cc(NCC2CC2)ccc1Br. The lowest BCUT2D eigenvalue weighted by Crippen LogP contribution is -2.02. The number of nitrogens with one attached hydrogen (secondary N) is 1. The first-order chi connectivity index (χ1) is 6.25. The molecule has 1 nitrogen and oxygen atoms in total. The molecule has 0 aliphatic heterocycles. The minimum Gasteiger partial charge on any atom is -0.385 e. The fourth-order valence-electron chi connectivity index (χ4n) is 1.19. The average molecular weight is 261 g/mol. The maximum Gasteiger partial charge on any atom is 0.0568 e. The highest BCUT2D eigenvalue weighted by Gasteiger charge is 2.20. The lowest BCUT2D eigenvalue weighted by molar-refractivity contribution is 0.889. The molecule has 1 aromatic carbocycles. The molecule has 0 spiro atoms. The maximum atomic E-state index is 5.96. The Bertz CT molecular complexity index is 310. The van der Waals surface area contributed by atoms with Crippen molar-refractivity contribution in [1.29, 1.82) is 0 Å². The molecule has 0 saturated heterocycles. The summed E-state index contributed by atoms with van der Waals surface area (Å²) in [6.45, 7) is 1.08. The molecular formula is C10H11BrClN. The molecule has 1 aromatic rings. The van der Waals surface area contributed by atoms with E-state index in [9.17, 15) is 0 Å². The zero-order valence-corrected chi connectivity index (χ0v) is 9.53. The van der Waals surface area contributed by atoms with Crippen LogP contribution in [0.15, 0.2) is 22.7 Å². The summed E-state index contributed by atoms with van der Waals surface area (Å²) in [5.74, 6) is 0.891. The third-order valence-electron chi connectivity index (χ3n) is 2.21. The van der Waals surface area contributed by atoms with Gasteiger partial charge in [-0.25, -0.2) is 0 Å². The number of rotatable bonds is 3. The summed E-state index contributed by atoms with van der Waals surface area (Å²) in [7, 11) is 0. The van der Waals surface area contributed by atoms with Gasteiger partial charge < -0.3 is 5.32 Å². The van der Waals surface area contributed by atoms with Crippen LogP contribution in [-0.4, -0.2) is 6.54 Å². The van der Waals surface area contributed by atoms with Crippen molar-refractivity contribution in [1.82, 2.24) is 0 Å². The van der Waals surface area contributed by atoms with Crippen molar-refractivity contribution in [3.8, 4) is 0 Å². The Labute approximate surface area is 91.6 Å². The van der Waals surface area contributed by atoms with Crippen LogP contribution in [0.2, 0.25) is 5.02 Å². The minimum absolute atomic E-state index is 0.765. The Morgan fingerprint density at radius 2 is 2.23 bits per heavy atom. The average Bonchev–Trinajstić information content (AvgIpc) is 2.91. The number of benzene rings is 1. The molecule has 0 heterocycles. The van der Waals surface area contributed by atoms with E-state index in [1.165, 1.54) is 12.8 Å². The normalized spacial score (nSPS) is 15.8. The Kier molecular flexibility index (Phi) is 2.80. The van der Waals surface area contributed by atoms with Crippen molar-refractivity contribution in [3.05, 3.63) is 27.7 Å². The summed E-state index contributed by atoms with van der Waals surface area (Å²) in [4.78, 5) is 0. The van der Waals surface area contributed by atoms with Crippen LogP contribution in [0.1, 0.15) is 12.8 Å². The van der Waals surface area contributed by atoms with Crippen molar-refractivity contribution in [2.45, 2.75) is 12.8 Å². The smallest absolute Gasteiger partial charge is 0.0568 e. The van der Waals surface area contributed by atoms with Gasteiger partial charge in [0.15, 0.2) is 0 Å². The standard InChI is InChI=1S/C10H11BrClN/c11-9-4-3-8(5-10(9)12)13-6-7-1-2-7/h3-5,7,13H,1-2,6H2. The Balaban J connectivity index is 1.98. The van der Waals surface area contributed by atoms with E-state index in [0.717, 1.165) is 27.6 Å². The van der Waals surface area contributed by atoms with Crippen molar-refractivity contribution >= 4 is 33.2 Å². The third kappa shape index (κ3) is 2.61. The predicted octanol–water partition coefficient (Wildman–Crippen LogP) is 3.92. The molecule has 0 radical (unpaired) electrons. The van der Waals surface area contributed by atoms with Crippen molar-refractivity contribution in [2.75, 3.05) is 11.9 Å². The molecular weight excluding hydrogens is 249 g/mol. The summed E-state index contributed by atoms with van der Waals surface area (Å²) in [6.07, 6.45) is 2.74. The van der Waals surface area contributed by atoms with Crippen molar-refractivity contribution in [2.24, 2.45) is 5.92 Å². The van der Waals surface area contributed by atoms with Crippen LogP contribution >= 0.6 is 27.5 Å². The minimum atomic E-state index is 0.765. The zero-order valence-electron chi connectivity index (χ0n) is 7.19. The Morgan fingerprint density at radius 1 is 1.46 bits per heavy atom. The molecule has 0 bridgehead atoms. The fraction of sp³-hybridized carbons (Fsp3) is 0.400. The summed E-state index contributed by atoms with van der Waals surface area (Å²) < 4.78 is 0.950. The molecule has 13 heavy (non-hydrogen) atoms. The molecule has 0 aromatic heterocycles. The number of halogens is 2. The molecule has 1 fully saturated rings.